The van der Waals surface area contributed by atoms with Crippen LogP contribution in [0.1, 0.15) is 52.0 Å². The lowest BCUT2D eigenvalue weighted by atomic mass is 10.0. The molecule has 7 heteroatoms. The largest absolute Gasteiger partial charge is 0.357 e. The average molecular weight is 515 g/mol. The van der Waals surface area contributed by atoms with Crippen molar-refractivity contribution in [1.29, 1.82) is 0 Å². The van der Waals surface area contributed by atoms with E-state index in [1.54, 1.807) is 0 Å². The van der Waals surface area contributed by atoms with Gasteiger partial charge < -0.3 is 20.9 Å². The molecule has 6 nitrogen and oxygen atoms in total. The first-order valence-electron chi connectivity index (χ1n) is 10.7. The molecule has 1 atom stereocenters. The molecule has 1 aromatic carbocycles. The van der Waals surface area contributed by atoms with E-state index in [9.17, 15) is 4.79 Å². The van der Waals surface area contributed by atoms with Crippen LogP contribution in [0.15, 0.2) is 29.3 Å². The highest BCUT2D eigenvalue weighted by Crippen LogP contribution is 2.16. The Morgan fingerprint density at radius 1 is 1.21 bits per heavy atom. The second kappa shape index (κ2) is 14.6. The summed E-state index contributed by atoms with van der Waals surface area (Å²) in [6.45, 7) is 10.9. The lowest BCUT2D eigenvalue weighted by Crippen LogP contribution is -2.39. The number of rotatable bonds is 9. The Hall–Kier alpha value is -1.35. The summed E-state index contributed by atoms with van der Waals surface area (Å²) < 4.78 is 0. The van der Waals surface area contributed by atoms with Crippen molar-refractivity contribution in [2.24, 2.45) is 4.99 Å². The fourth-order valence-electron chi connectivity index (χ4n) is 3.58. The second-order valence-electron chi connectivity index (χ2n) is 7.55. The fraction of sp³-hybridized carbons (Fsp3) is 0.636. The van der Waals surface area contributed by atoms with Crippen molar-refractivity contribution in [1.82, 2.24) is 15.5 Å². The lowest BCUT2D eigenvalue weighted by Gasteiger charge is -2.33. The number of hydrogen-bond acceptors (Lipinski definition) is 3. The van der Waals surface area contributed by atoms with Gasteiger partial charge in [-0.1, -0.05) is 18.6 Å². The third-order valence-corrected chi connectivity index (χ3v) is 5.14. The third kappa shape index (κ3) is 10.3. The fourth-order valence-corrected chi connectivity index (χ4v) is 3.58. The van der Waals surface area contributed by atoms with Gasteiger partial charge in [0.1, 0.15) is 0 Å². The first-order chi connectivity index (χ1) is 13.6. The van der Waals surface area contributed by atoms with Crippen molar-refractivity contribution < 1.29 is 4.79 Å². The standard InChI is InChI=1S/C22H37N5O.HI/c1-4-23-22(24-14-7-17-27-16-6-5-8-18(27)2)25-15-13-20-9-11-21(12-10-20)26-19(3)28;/h9-12,18H,4-8,13-17H2,1-3H3,(H,26,28)(H2,23,24,25);1H. The molecule has 0 spiro atoms. The Morgan fingerprint density at radius 3 is 2.62 bits per heavy atom. The number of nitrogens with one attached hydrogen (secondary N) is 3. The Labute approximate surface area is 193 Å². The minimum Gasteiger partial charge on any atom is -0.357 e. The molecule has 1 heterocycles. The summed E-state index contributed by atoms with van der Waals surface area (Å²) in [5.74, 6) is 0.847. The number of carbonyl (C=O) groups excluding carboxylic acids is 1. The zero-order valence-corrected chi connectivity index (χ0v) is 20.5. The number of aliphatic imine (C=N–C) groups is 1. The zero-order valence-electron chi connectivity index (χ0n) is 18.2. The van der Waals surface area contributed by atoms with Crippen LogP contribution >= 0.6 is 24.0 Å². The number of guanidine groups is 1. The van der Waals surface area contributed by atoms with Crippen molar-refractivity contribution in [2.75, 3.05) is 38.0 Å². The third-order valence-electron chi connectivity index (χ3n) is 5.14. The Morgan fingerprint density at radius 2 is 1.97 bits per heavy atom. The molecule has 1 unspecified atom stereocenters. The van der Waals surface area contributed by atoms with Crippen molar-refractivity contribution in [2.45, 2.75) is 58.9 Å². The van der Waals surface area contributed by atoms with Gasteiger partial charge in [0.2, 0.25) is 5.91 Å². The number of benzene rings is 1. The molecule has 1 saturated heterocycles. The Balaban J connectivity index is 0.00000420. The quantitative estimate of drug-likeness (QED) is 0.204. The number of hydrogen-bond donors (Lipinski definition) is 3. The summed E-state index contributed by atoms with van der Waals surface area (Å²) in [6.07, 6.45) is 6.06. The molecule has 0 aromatic heterocycles. The maximum absolute atomic E-state index is 11.1. The van der Waals surface area contributed by atoms with E-state index in [0.717, 1.165) is 56.7 Å². The van der Waals surface area contributed by atoms with Crippen LogP contribution in [0.25, 0.3) is 0 Å². The highest BCUT2D eigenvalue weighted by molar-refractivity contribution is 14.0. The van der Waals surface area contributed by atoms with Crippen LogP contribution in [0.2, 0.25) is 0 Å². The monoisotopic (exact) mass is 515 g/mol. The molecule has 1 aliphatic heterocycles. The Bertz CT molecular complexity index is 620. The molecule has 3 N–H and O–H groups in total. The van der Waals surface area contributed by atoms with Crippen LogP contribution in [0, 0.1) is 0 Å². The van der Waals surface area contributed by atoms with E-state index >= 15 is 0 Å². The molecular weight excluding hydrogens is 477 g/mol. The highest BCUT2D eigenvalue weighted by atomic mass is 127. The number of carbonyl (C=O) groups is 1. The summed E-state index contributed by atoms with van der Waals surface area (Å²) in [7, 11) is 0. The minimum absolute atomic E-state index is 0. The smallest absolute Gasteiger partial charge is 0.221 e. The van der Waals surface area contributed by atoms with Gasteiger partial charge in [-0.05, 0) is 63.8 Å². The number of anilines is 1. The van der Waals surface area contributed by atoms with Gasteiger partial charge in [0.05, 0.1) is 0 Å². The predicted molar refractivity (Wildman–Crippen MR) is 133 cm³/mol. The topological polar surface area (TPSA) is 68.8 Å². The molecule has 0 saturated carbocycles. The van der Waals surface area contributed by atoms with Crippen molar-refractivity contribution >= 4 is 41.5 Å². The molecule has 0 bridgehead atoms. The van der Waals surface area contributed by atoms with Gasteiger partial charge in [-0.15, -0.1) is 24.0 Å². The molecule has 1 amide bonds. The number of nitrogens with zero attached hydrogens (tertiary/aromatic N) is 2. The maximum atomic E-state index is 11.1. The molecular formula is C22H38IN5O. The van der Waals surface area contributed by atoms with Crippen LogP contribution < -0.4 is 16.0 Å². The van der Waals surface area contributed by atoms with E-state index in [-0.39, 0.29) is 29.9 Å². The van der Waals surface area contributed by atoms with E-state index in [1.165, 1.54) is 38.3 Å². The van der Waals surface area contributed by atoms with Crippen LogP contribution in [0.5, 0.6) is 0 Å². The summed E-state index contributed by atoms with van der Waals surface area (Å²) >= 11 is 0. The number of halogens is 1. The molecule has 0 radical (unpaired) electrons. The average Bonchev–Trinajstić information content (AvgIpc) is 2.67. The van der Waals surface area contributed by atoms with Gasteiger partial charge in [0, 0.05) is 44.8 Å². The molecule has 0 aliphatic carbocycles. The van der Waals surface area contributed by atoms with E-state index in [0.29, 0.717) is 0 Å². The summed E-state index contributed by atoms with van der Waals surface area (Å²) in [4.78, 5) is 18.4. The van der Waals surface area contributed by atoms with Gasteiger partial charge in [0.15, 0.2) is 5.96 Å². The molecule has 1 fully saturated rings. The van der Waals surface area contributed by atoms with E-state index in [4.69, 9.17) is 4.99 Å². The molecule has 29 heavy (non-hydrogen) atoms. The second-order valence-corrected chi connectivity index (χ2v) is 7.55. The van der Waals surface area contributed by atoms with Crippen molar-refractivity contribution in [3.8, 4) is 0 Å². The van der Waals surface area contributed by atoms with Crippen LogP contribution in [-0.2, 0) is 11.2 Å². The van der Waals surface area contributed by atoms with E-state index < -0.39 is 0 Å². The van der Waals surface area contributed by atoms with Gasteiger partial charge in [-0.25, -0.2) is 0 Å². The highest BCUT2D eigenvalue weighted by Gasteiger charge is 2.16. The predicted octanol–water partition coefficient (Wildman–Crippen LogP) is 3.63. The van der Waals surface area contributed by atoms with Gasteiger partial charge in [0.25, 0.3) is 0 Å². The number of amides is 1. The number of likely N-dealkylation sites (tertiary alicyclic amines) is 1. The zero-order chi connectivity index (χ0) is 20.2. The minimum atomic E-state index is -0.0457. The molecule has 164 valence electrons. The van der Waals surface area contributed by atoms with E-state index in [2.05, 4.69) is 46.8 Å². The van der Waals surface area contributed by atoms with Gasteiger partial charge in [-0.3, -0.25) is 9.79 Å². The van der Waals surface area contributed by atoms with Crippen molar-refractivity contribution in [3.05, 3.63) is 29.8 Å². The van der Waals surface area contributed by atoms with Crippen LogP contribution in [0.3, 0.4) is 0 Å². The molecule has 1 aliphatic rings. The normalized spacial score (nSPS) is 17.3. The lowest BCUT2D eigenvalue weighted by molar-refractivity contribution is -0.114. The summed E-state index contributed by atoms with van der Waals surface area (Å²) in [6, 6.07) is 8.71. The summed E-state index contributed by atoms with van der Waals surface area (Å²) in [5.41, 5.74) is 2.07. The number of piperidine rings is 1. The maximum Gasteiger partial charge on any atom is 0.221 e. The summed E-state index contributed by atoms with van der Waals surface area (Å²) in [5, 5.41) is 9.53. The van der Waals surface area contributed by atoms with Crippen LogP contribution in [-0.4, -0.2) is 55.5 Å². The van der Waals surface area contributed by atoms with Gasteiger partial charge >= 0.3 is 0 Å². The van der Waals surface area contributed by atoms with Crippen LogP contribution in [0.4, 0.5) is 5.69 Å². The van der Waals surface area contributed by atoms with Crippen molar-refractivity contribution in [3.63, 3.8) is 0 Å². The first kappa shape index (κ1) is 25.7. The van der Waals surface area contributed by atoms with Gasteiger partial charge in [-0.2, -0.15) is 0 Å². The first-order valence-corrected chi connectivity index (χ1v) is 10.7. The SMILES string of the molecule is CCNC(=NCCCN1CCCCC1C)NCCc1ccc(NC(C)=O)cc1.I. The Kier molecular flexibility index (Phi) is 12.9. The molecule has 2 rings (SSSR count). The molecule has 1 aromatic rings. The van der Waals surface area contributed by atoms with E-state index in [1.807, 2.05) is 12.1 Å².